The van der Waals surface area contributed by atoms with Crippen LogP contribution < -0.4 is 5.43 Å². The molecular weight excluding hydrogens is 341 g/mol. The van der Waals surface area contributed by atoms with Crippen LogP contribution >= 0.6 is 35.4 Å². The van der Waals surface area contributed by atoms with E-state index in [4.69, 9.17) is 35.4 Å². The van der Waals surface area contributed by atoms with Crippen LogP contribution in [-0.4, -0.2) is 19.9 Å². The molecule has 0 saturated heterocycles. The molecule has 2 N–H and O–H groups in total. The Labute approximate surface area is 141 Å². The number of pyridine rings is 1. The maximum atomic E-state index is 6.17. The molecule has 0 aliphatic heterocycles. The first kappa shape index (κ1) is 15.0. The van der Waals surface area contributed by atoms with E-state index in [9.17, 15) is 0 Å². The lowest BCUT2D eigenvalue weighted by Crippen LogP contribution is -2.16. The topological polar surface area (TPSA) is 58.5 Å². The van der Waals surface area contributed by atoms with Crippen LogP contribution in [0.5, 0.6) is 0 Å². The Kier molecular flexibility index (Phi) is 4.42. The molecule has 0 aliphatic carbocycles. The van der Waals surface area contributed by atoms with Crippen molar-refractivity contribution in [1.82, 2.24) is 19.9 Å². The molecule has 0 unspecified atom stereocenters. The van der Waals surface area contributed by atoms with Crippen molar-refractivity contribution in [2.45, 2.75) is 6.54 Å². The molecule has 0 atom stereocenters. The minimum absolute atomic E-state index is 0.469. The lowest BCUT2D eigenvalue weighted by Gasteiger charge is -2.11. The number of hydrogen-bond acceptors (Lipinski definition) is 4. The van der Waals surface area contributed by atoms with Gasteiger partial charge < -0.3 is 5.43 Å². The molecule has 0 saturated carbocycles. The molecule has 0 bridgehead atoms. The summed E-state index contributed by atoms with van der Waals surface area (Å²) in [5.41, 5.74) is 5.02. The summed E-state index contributed by atoms with van der Waals surface area (Å²) in [5.74, 6) is 0.678. The molecule has 1 aromatic carbocycles. The summed E-state index contributed by atoms with van der Waals surface area (Å²) in [4.78, 5) is 4.00. The molecule has 2 heterocycles. The number of nitrogens with one attached hydrogen (secondary N) is 2. The molecule has 0 spiro atoms. The number of nitrogens with zero attached hydrogens (tertiary/aromatic N) is 3. The predicted molar refractivity (Wildman–Crippen MR) is 90.2 cm³/mol. The van der Waals surface area contributed by atoms with Gasteiger partial charge in [0.15, 0.2) is 5.82 Å². The molecule has 5 nitrogen and oxygen atoms in total. The molecule has 3 rings (SSSR count). The van der Waals surface area contributed by atoms with Crippen molar-refractivity contribution in [3.05, 3.63) is 63.1 Å². The van der Waals surface area contributed by atoms with Gasteiger partial charge in [0.25, 0.3) is 0 Å². The van der Waals surface area contributed by atoms with Crippen molar-refractivity contribution in [1.29, 1.82) is 0 Å². The van der Waals surface area contributed by atoms with Gasteiger partial charge in [0.05, 0.1) is 6.54 Å². The second kappa shape index (κ2) is 6.48. The summed E-state index contributed by atoms with van der Waals surface area (Å²) in [7, 11) is 0. The Hall–Kier alpha value is -1.89. The standard InChI is InChI=1S/C14H11Cl2N5S/c15-11-2-1-10(12(16)7-11)8-18-21-13(19-20-14(21)22)9-3-5-17-6-4-9/h1-7,18H,8H2,(H,20,22). The highest BCUT2D eigenvalue weighted by atomic mass is 35.5. The van der Waals surface area contributed by atoms with E-state index in [0.29, 0.717) is 27.2 Å². The Morgan fingerprint density at radius 3 is 2.68 bits per heavy atom. The highest BCUT2D eigenvalue weighted by Gasteiger charge is 2.09. The zero-order valence-corrected chi connectivity index (χ0v) is 13.6. The minimum atomic E-state index is 0.469. The van der Waals surface area contributed by atoms with E-state index in [-0.39, 0.29) is 0 Å². The van der Waals surface area contributed by atoms with Crippen LogP contribution in [0.2, 0.25) is 10.0 Å². The smallest absolute Gasteiger partial charge is 0.214 e. The fourth-order valence-electron chi connectivity index (χ4n) is 1.97. The normalized spacial score (nSPS) is 10.6. The summed E-state index contributed by atoms with van der Waals surface area (Å²) >= 11 is 17.3. The summed E-state index contributed by atoms with van der Waals surface area (Å²) in [6.45, 7) is 0.488. The van der Waals surface area contributed by atoms with Gasteiger partial charge in [-0.2, -0.15) is 5.10 Å². The van der Waals surface area contributed by atoms with Gasteiger partial charge in [0, 0.05) is 28.0 Å². The number of rotatable bonds is 4. The highest BCUT2D eigenvalue weighted by Crippen LogP contribution is 2.21. The van der Waals surface area contributed by atoms with Gasteiger partial charge in [-0.25, -0.2) is 9.77 Å². The fourth-order valence-corrected chi connectivity index (χ4v) is 2.64. The lowest BCUT2D eigenvalue weighted by atomic mass is 10.2. The van der Waals surface area contributed by atoms with Crippen LogP contribution in [0, 0.1) is 4.77 Å². The van der Waals surface area contributed by atoms with Crippen molar-refractivity contribution in [2.75, 3.05) is 5.43 Å². The quantitative estimate of drug-likeness (QED) is 0.696. The first-order chi connectivity index (χ1) is 10.6. The van der Waals surface area contributed by atoms with E-state index in [2.05, 4.69) is 20.6 Å². The molecule has 112 valence electrons. The maximum Gasteiger partial charge on any atom is 0.214 e. The van der Waals surface area contributed by atoms with Crippen LogP contribution in [0.3, 0.4) is 0 Å². The molecule has 0 fully saturated rings. The Bertz CT molecular complexity index is 844. The Morgan fingerprint density at radius 1 is 1.18 bits per heavy atom. The summed E-state index contributed by atoms with van der Waals surface area (Å²) < 4.78 is 2.17. The predicted octanol–water partition coefficient (Wildman–Crippen LogP) is 4.05. The van der Waals surface area contributed by atoms with Crippen LogP contribution in [0.15, 0.2) is 42.7 Å². The number of benzene rings is 1. The molecule has 0 aliphatic rings. The molecule has 0 amide bonds. The third-order valence-corrected chi connectivity index (χ3v) is 3.91. The first-order valence-electron chi connectivity index (χ1n) is 6.41. The number of H-pyrrole nitrogens is 1. The molecule has 0 radical (unpaired) electrons. The van der Waals surface area contributed by atoms with Gasteiger partial charge in [-0.05, 0) is 42.0 Å². The van der Waals surface area contributed by atoms with Gasteiger partial charge in [0.2, 0.25) is 4.77 Å². The van der Waals surface area contributed by atoms with Crippen molar-refractivity contribution in [3.63, 3.8) is 0 Å². The SMILES string of the molecule is S=c1[nH]nc(-c2ccncc2)n1NCc1ccc(Cl)cc1Cl. The van der Waals surface area contributed by atoms with E-state index in [0.717, 1.165) is 11.1 Å². The molecule has 22 heavy (non-hydrogen) atoms. The van der Waals surface area contributed by atoms with E-state index in [1.807, 2.05) is 18.2 Å². The Balaban J connectivity index is 1.87. The van der Waals surface area contributed by atoms with Gasteiger partial charge in [-0.3, -0.25) is 4.98 Å². The van der Waals surface area contributed by atoms with Crippen LogP contribution in [-0.2, 0) is 6.54 Å². The average molecular weight is 352 g/mol. The van der Waals surface area contributed by atoms with Crippen LogP contribution in [0.1, 0.15) is 5.56 Å². The summed E-state index contributed by atoms with van der Waals surface area (Å²) in [5, 5.41) is 8.21. The number of aromatic nitrogens is 4. The highest BCUT2D eigenvalue weighted by molar-refractivity contribution is 7.71. The minimum Gasteiger partial charge on any atom is -0.317 e. The van der Waals surface area contributed by atoms with Crippen molar-refractivity contribution in [2.24, 2.45) is 0 Å². The number of halogens is 2. The van der Waals surface area contributed by atoms with Crippen LogP contribution in [0.4, 0.5) is 0 Å². The fraction of sp³-hybridized carbons (Fsp3) is 0.0714. The lowest BCUT2D eigenvalue weighted by molar-refractivity contribution is 0.832. The summed E-state index contributed by atoms with van der Waals surface area (Å²) in [6.07, 6.45) is 3.40. The van der Waals surface area contributed by atoms with Crippen LogP contribution in [0.25, 0.3) is 11.4 Å². The molecular formula is C14H11Cl2N5S. The third kappa shape index (κ3) is 3.14. The van der Waals surface area contributed by atoms with Crippen molar-refractivity contribution >= 4 is 35.4 Å². The van der Waals surface area contributed by atoms with E-state index < -0.39 is 0 Å². The van der Waals surface area contributed by atoms with Gasteiger partial charge in [-0.15, -0.1) is 0 Å². The number of aromatic amines is 1. The molecule has 8 heteroatoms. The van der Waals surface area contributed by atoms with Gasteiger partial charge in [0.1, 0.15) is 0 Å². The monoisotopic (exact) mass is 351 g/mol. The molecule has 3 aromatic rings. The largest absolute Gasteiger partial charge is 0.317 e. The molecule has 2 aromatic heterocycles. The van der Waals surface area contributed by atoms with Crippen molar-refractivity contribution in [3.8, 4) is 11.4 Å². The Morgan fingerprint density at radius 2 is 1.95 bits per heavy atom. The second-order valence-electron chi connectivity index (χ2n) is 4.49. The van der Waals surface area contributed by atoms with E-state index in [1.54, 1.807) is 29.2 Å². The third-order valence-electron chi connectivity index (χ3n) is 3.05. The summed E-state index contributed by atoms with van der Waals surface area (Å²) in [6, 6.07) is 9.09. The zero-order valence-electron chi connectivity index (χ0n) is 11.3. The average Bonchev–Trinajstić information content (AvgIpc) is 2.88. The second-order valence-corrected chi connectivity index (χ2v) is 5.72. The van der Waals surface area contributed by atoms with E-state index >= 15 is 0 Å². The van der Waals surface area contributed by atoms with E-state index in [1.165, 1.54) is 0 Å². The van der Waals surface area contributed by atoms with Gasteiger partial charge in [-0.1, -0.05) is 29.3 Å². The zero-order chi connectivity index (χ0) is 15.5. The first-order valence-corrected chi connectivity index (χ1v) is 7.57. The van der Waals surface area contributed by atoms with Gasteiger partial charge >= 0.3 is 0 Å². The maximum absolute atomic E-state index is 6.17. The van der Waals surface area contributed by atoms with Crippen molar-refractivity contribution < 1.29 is 0 Å². The number of hydrogen-bond donors (Lipinski definition) is 2.